The summed E-state index contributed by atoms with van der Waals surface area (Å²) < 4.78 is 6.01. The largest absolute Gasteiger partial charge is 0.452 e. The Morgan fingerprint density at radius 3 is 1.85 bits per heavy atom. The summed E-state index contributed by atoms with van der Waals surface area (Å²) in [4.78, 5) is 51.3. The van der Waals surface area contributed by atoms with Crippen molar-refractivity contribution in [3.63, 3.8) is 0 Å². The third-order valence-electron chi connectivity index (χ3n) is 6.21. The summed E-state index contributed by atoms with van der Waals surface area (Å²) in [5, 5.41) is 11.4. The zero-order valence-corrected chi connectivity index (χ0v) is 16.9. The molecule has 1 aliphatic heterocycles. The molecular formula is C26H13NO6. The maximum absolute atomic E-state index is 13.6. The van der Waals surface area contributed by atoms with Crippen LogP contribution in [0.25, 0.3) is 5.76 Å². The number of nitrogens with zero attached hydrogens (tertiary/aromatic N) is 1. The van der Waals surface area contributed by atoms with Gasteiger partial charge in [-0.1, -0.05) is 60.7 Å². The van der Waals surface area contributed by atoms with Gasteiger partial charge in [0, 0.05) is 40.3 Å². The summed E-state index contributed by atoms with van der Waals surface area (Å²) >= 11 is 0. The number of rotatable bonds is 2. The highest BCUT2D eigenvalue weighted by Gasteiger charge is 2.48. The smallest absolute Gasteiger partial charge is 0.269 e. The number of fused-ring (bicyclic) bond motifs is 3. The first kappa shape index (κ1) is 19.1. The molecule has 0 saturated heterocycles. The van der Waals surface area contributed by atoms with Crippen LogP contribution < -0.4 is 0 Å². The van der Waals surface area contributed by atoms with E-state index in [-0.39, 0.29) is 45.3 Å². The van der Waals surface area contributed by atoms with Crippen molar-refractivity contribution < 1.29 is 24.0 Å². The zero-order chi connectivity index (χ0) is 22.9. The van der Waals surface area contributed by atoms with Crippen LogP contribution in [0.1, 0.15) is 48.1 Å². The summed E-state index contributed by atoms with van der Waals surface area (Å²) in [6.07, 6.45) is 0. The fraction of sp³-hybridized carbons (Fsp3) is 0.0385. The number of carbonyl (C=O) groups excluding carboxylic acids is 3. The van der Waals surface area contributed by atoms with Gasteiger partial charge in [-0.05, 0) is 5.56 Å². The van der Waals surface area contributed by atoms with Gasteiger partial charge in [-0.2, -0.15) is 0 Å². The minimum Gasteiger partial charge on any atom is -0.452 e. The Morgan fingerprint density at radius 1 is 0.667 bits per heavy atom. The van der Waals surface area contributed by atoms with E-state index in [1.54, 1.807) is 54.6 Å². The third-order valence-corrected chi connectivity index (χ3v) is 6.21. The molecule has 3 aromatic carbocycles. The summed E-state index contributed by atoms with van der Waals surface area (Å²) in [7, 11) is 0. The van der Waals surface area contributed by atoms with Crippen molar-refractivity contribution in [1.82, 2.24) is 0 Å². The first-order valence-electron chi connectivity index (χ1n) is 10.2. The van der Waals surface area contributed by atoms with Crippen molar-refractivity contribution in [3.8, 4) is 0 Å². The van der Waals surface area contributed by atoms with Crippen molar-refractivity contribution in [3.05, 3.63) is 128 Å². The quantitative estimate of drug-likeness (QED) is 0.429. The zero-order valence-electron chi connectivity index (χ0n) is 16.9. The van der Waals surface area contributed by atoms with Crippen LogP contribution in [0.3, 0.4) is 0 Å². The van der Waals surface area contributed by atoms with E-state index < -0.39 is 22.4 Å². The highest BCUT2D eigenvalue weighted by Crippen LogP contribution is 2.51. The van der Waals surface area contributed by atoms with E-state index in [1.807, 2.05) is 0 Å². The van der Waals surface area contributed by atoms with Crippen molar-refractivity contribution in [2.45, 2.75) is 5.92 Å². The average Bonchev–Trinajstić information content (AvgIpc) is 3.13. The second-order valence-electron chi connectivity index (χ2n) is 7.95. The minimum absolute atomic E-state index is 0.0269. The standard InChI is InChI=1S/C26H13NO6/c28-22-15-8-1-2-9-16(15)24(30)26-21(22)19(13-6-5-7-14(12-13)27(31)32)20-23(29)17-10-3-4-11-18(17)25(20)33-26/h1-12,19H. The number of hydrogen-bond acceptors (Lipinski definition) is 6. The lowest BCUT2D eigenvalue weighted by molar-refractivity contribution is -0.384. The molecule has 0 spiro atoms. The van der Waals surface area contributed by atoms with Gasteiger partial charge in [0.05, 0.1) is 16.1 Å². The van der Waals surface area contributed by atoms with E-state index in [4.69, 9.17) is 4.74 Å². The SMILES string of the molecule is O=C1C2=C(C(=O)c3ccccc31)C(c1cccc([N+](=O)[O-])c1)C1=C(O2)c2ccccc2C1=O. The fourth-order valence-electron chi connectivity index (χ4n) is 4.78. The molecule has 33 heavy (non-hydrogen) atoms. The van der Waals surface area contributed by atoms with Crippen LogP contribution in [0.2, 0.25) is 0 Å². The summed E-state index contributed by atoms with van der Waals surface area (Å²) in [6, 6.07) is 19.1. The van der Waals surface area contributed by atoms with Crippen LogP contribution in [0.4, 0.5) is 5.69 Å². The molecule has 158 valence electrons. The average molecular weight is 435 g/mol. The van der Waals surface area contributed by atoms with E-state index in [0.29, 0.717) is 16.7 Å². The molecule has 1 unspecified atom stereocenters. The number of allylic oxidation sites excluding steroid dienone is 3. The van der Waals surface area contributed by atoms with Gasteiger partial charge in [0.15, 0.2) is 17.3 Å². The number of nitro groups is 1. The van der Waals surface area contributed by atoms with Crippen LogP contribution in [0.15, 0.2) is 89.7 Å². The molecule has 7 heteroatoms. The molecule has 0 bridgehead atoms. The van der Waals surface area contributed by atoms with Crippen molar-refractivity contribution in [1.29, 1.82) is 0 Å². The predicted molar refractivity (Wildman–Crippen MR) is 117 cm³/mol. The molecule has 3 aliphatic rings. The monoisotopic (exact) mass is 435 g/mol. The van der Waals surface area contributed by atoms with Gasteiger partial charge in [0.25, 0.3) is 5.69 Å². The molecule has 0 fully saturated rings. The van der Waals surface area contributed by atoms with Crippen LogP contribution in [0.5, 0.6) is 0 Å². The molecular weight excluding hydrogens is 422 g/mol. The van der Waals surface area contributed by atoms with E-state index >= 15 is 0 Å². The van der Waals surface area contributed by atoms with E-state index in [1.165, 1.54) is 18.2 Å². The number of benzene rings is 3. The summed E-state index contributed by atoms with van der Waals surface area (Å²) in [6.45, 7) is 0. The van der Waals surface area contributed by atoms with Gasteiger partial charge in [0.1, 0.15) is 5.76 Å². The highest BCUT2D eigenvalue weighted by atomic mass is 16.6. The molecule has 0 N–H and O–H groups in total. The lowest BCUT2D eigenvalue weighted by Crippen LogP contribution is -2.31. The highest BCUT2D eigenvalue weighted by molar-refractivity contribution is 6.30. The second-order valence-corrected chi connectivity index (χ2v) is 7.95. The van der Waals surface area contributed by atoms with E-state index in [9.17, 15) is 24.5 Å². The molecule has 1 atom stereocenters. The number of ether oxygens (including phenoxy) is 1. The fourth-order valence-corrected chi connectivity index (χ4v) is 4.78. The third kappa shape index (κ3) is 2.53. The van der Waals surface area contributed by atoms with Crippen LogP contribution >= 0.6 is 0 Å². The molecule has 7 nitrogen and oxygen atoms in total. The summed E-state index contributed by atoms with van der Waals surface area (Å²) in [5.41, 5.74) is 1.78. The van der Waals surface area contributed by atoms with Gasteiger partial charge in [-0.3, -0.25) is 24.5 Å². The predicted octanol–water partition coefficient (Wildman–Crippen LogP) is 4.65. The Labute approximate surface area is 186 Å². The lowest BCUT2D eigenvalue weighted by atomic mass is 9.74. The molecule has 0 saturated carbocycles. The number of hydrogen-bond donors (Lipinski definition) is 0. The minimum atomic E-state index is -0.978. The van der Waals surface area contributed by atoms with Gasteiger partial charge in [-0.25, -0.2) is 0 Å². The number of carbonyl (C=O) groups is 3. The van der Waals surface area contributed by atoms with Crippen molar-refractivity contribution in [2.24, 2.45) is 0 Å². The summed E-state index contributed by atoms with van der Waals surface area (Å²) in [5.74, 6) is -2.13. The molecule has 1 heterocycles. The number of ketones is 3. The Bertz CT molecular complexity index is 1530. The van der Waals surface area contributed by atoms with Gasteiger partial charge < -0.3 is 4.74 Å². The lowest BCUT2D eigenvalue weighted by Gasteiger charge is -2.31. The van der Waals surface area contributed by atoms with Crippen molar-refractivity contribution in [2.75, 3.05) is 0 Å². The van der Waals surface area contributed by atoms with Crippen LogP contribution in [0, 0.1) is 10.1 Å². The molecule has 0 aromatic heterocycles. The normalized spacial score (nSPS) is 18.4. The Hall–Kier alpha value is -4.65. The van der Waals surface area contributed by atoms with Crippen LogP contribution in [-0.2, 0) is 4.74 Å². The Balaban J connectivity index is 1.64. The maximum atomic E-state index is 13.6. The van der Waals surface area contributed by atoms with Crippen LogP contribution in [-0.4, -0.2) is 22.3 Å². The van der Waals surface area contributed by atoms with E-state index in [0.717, 1.165) is 0 Å². The van der Waals surface area contributed by atoms with Gasteiger partial charge >= 0.3 is 0 Å². The molecule has 6 rings (SSSR count). The van der Waals surface area contributed by atoms with Gasteiger partial charge in [0.2, 0.25) is 5.78 Å². The topological polar surface area (TPSA) is 104 Å². The molecule has 3 aromatic rings. The number of non-ortho nitro benzene ring substituents is 1. The molecule has 0 radical (unpaired) electrons. The Morgan fingerprint density at radius 2 is 1.21 bits per heavy atom. The molecule has 0 amide bonds. The maximum Gasteiger partial charge on any atom is 0.269 e. The van der Waals surface area contributed by atoms with E-state index in [2.05, 4.69) is 0 Å². The molecule has 2 aliphatic carbocycles. The van der Waals surface area contributed by atoms with Crippen molar-refractivity contribution >= 4 is 28.8 Å². The number of Topliss-reactive ketones (excluding diaryl/α,β-unsaturated/α-hetero) is 3. The first-order chi connectivity index (χ1) is 16.0. The second kappa shape index (κ2) is 6.67. The first-order valence-corrected chi connectivity index (χ1v) is 10.2. The van der Waals surface area contributed by atoms with Gasteiger partial charge in [-0.15, -0.1) is 0 Å². The Kier molecular flexibility index (Phi) is 3.85. The number of nitro benzene ring substituents is 1.